The second kappa shape index (κ2) is 8.53. The van der Waals surface area contributed by atoms with Crippen LogP contribution in [0.15, 0.2) is 54.7 Å². The summed E-state index contributed by atoms with van der Waals surface area (Å²) in [5.74, 6) is 0.671. The molecule has 6 heteroatoms. The molecule has 0 amide bonds. The second-order valence-corrected chi connectivity index (χ2v) is 10.9. The number of hydrogen-bond acceptors (Lipinski definition) is 2. The molecule has 0 spiro atoms. The van der Waals surface area contributed by atoms with Crippen molar-refractivity contribution in [1.29, 1.82) is 0 Å². The first-order valence-electron chi connectivity index (χ1n) is 10.8. The van der Waals surface area contributed by atoms with Gasteiger partial charge in [0.25, 0.3) is 0 Å². The molecule has 2 heterocycles. The molecule has 1 fully saturated rings. The molecule has 1 aliphatic rings. The molecule has 1 aliphatic heterocycles. The zero-order chi connectivity index (χ0) is 21.2. The number of aromatic nitrogens is 1. The van der Waals surface area contributed by atoms with Gasteiger partial charge < -0.3 is 9.47 Å². The molecule has 0 atom stereocenters. The van der Waals surface area contributed by atoms with Crippen molar-refractivity contribution in [3.8, 4) is 0 Å². The number of likely N-dealkylation sites (tertiary alicyclic amines) is 1. The normalized spacial score (nSPS) is 22.4. The van der Waals surface area contributed by atoms with Gasteiger partial charge in [0.05, 0.1) is 25.9 Å². The van der Waals surface area contributed by atoms with Crippen LogP contribution >= 0.6 is 0 Å². The van der Waals surface area contributed by atoms with Crippen LogP contribution in [0.2, 0.25) is 0 Å². The predicted octanol–water partition coefficient (Wildman–Crippen LogP) is 3.78. The standard InChI is InChI=1S/C24H32N3O2S/c1-25-30(28,29)15-12-19-8-9-24-22(16-19)23(17-26-24)21-10-13-27(2,14-11-21)18-20-6-4-3-5-7-20/h3-9,16-17,21,25-26H,10-15,18H2,1-2H3/q+1. The van der Waals surface area contributed by atoms with Crippen molar-refractivity contribution in [3.05, 3.63) is 71.4 Å². The van der Waals surface area contributed by atoms with Crippen LogP contribution in [-0.2, 0) is 23.0 Å². The number of hydrogen-bond donors (Lipinski definition) is 2. The van der Waals surface area contributed by atoms with E-state index in [9.17, 15) is 8.42 Å². The molecule has 1 aromatic heterocycles. The number of H-pyrrole nitrogens is 1. The highest BCUT2D eigenvalue weighted by atomic mass is 32.2. The maximum Gasteiger partial charge on any atom is 0.211 e. The zero-order valence-electron chi connectivity index (χ0n) is 17.9. The molecule has 0 saturated carbocycles. The lowest BCUT2D eigenvalue weighted by Gasteiger charge is -2.40. The summed E-state index contributed by atoms with van der Waals surface area (Å²) < 4.78 is 27.0. The van der Waals surface area contributed by atoms with Crippen LogP contribution in [0, 0.1) is 0 Å². The van der Waals surface area contributed by atoms with Crippen LogP contribution in [-0.4, -0.2) is 50.8 Å². The van der Waals surface area contributed by atoms with Gasteiger partial charge in [-0.25, -0.2) is 13.1 Å². The number of benzene rings is 2. The fraction of sp³-hybridized carbons (Fsp3) is 0.417. The van der Waals surface area contributed by atoms with Crippen LogP contribution in [0.3, 0.4) is 0 Å². The van der Waals surface area contributed by atoms with Crippen LogP contribution < -0.4 is 4.72 Å². The molecule has 30 heavy (non-hydrogen) atoms. The van der Waals surface area contributed by atoms with Gasteiger partial charge in [0.2, 0.25) is 10.0 Å². The fourth-order valence-corrected chi connectivity index (χ4v) is 5.43. The number of sulfonamides is 1. The SMILES string of the molecule is CNS(=O)(=O)CCc1ccc2[nH]cc(C3CC[N+](C)(Cc4ccccc4)CC3)c2c1. The van der Waals surface area contributed by atoms with E-state index in [4.69, 9.17) is 0 Å². The Morgan fingerprint density at radius 1 is 1.07 bits per heavy atom. The molecule has 4 rings (SSSR count). The molecule has 0 aliphatic carbocycles. The third-order valence-electron chi connectivity index (χ3n) is 6.63. The van der Waals surface area contributed by atoms with Crippen molar-refractivity contribution in [1.82, 2.24) is 9.71 Å². The first-order valence-corrected chi connectivity index (χ1v) is 12.4. The quantitative estimate of drug-likeness (QED) is 0.565. The Bertz CT molecular complexity index is 1100. The van der Waals surface area contributed by atoms with E-state index in [-0.39, 0.29) is 5.75 Å². The Labute approximate surface area is 179 Å². The van der Waals surface area contributed by atoms with Gasteiger partial charge in [-0.15, -0.1) is 0 Å². The van der Waals surface area contributed by atoms with Gasteiger partial charge in [-0.05, 0) is 42.6 Å². The maximum atomic E-state index is 11.8. The lowest BCUT2D eigenvalue weighted by atomic mass is 9.87. The van der Waals surface area contributed by atoms with Crippen LogP contribution in [0.4, 0.5) is 0 Å². The van der Waals surface area contributed by atoms with E-state index in [0.717, 1.165) is 22.1 Å². The highest BCUT2D eigenvalue weighted by Gasteiger charge is 2.31. The van der Waals surface area contributed by atoms with Crippen molar-refractivity contribution in [2.45, 2.75) is 31.7 Å². The topological polar surface area (TPSA) is 62.0 Å². The molecule has 3 aromatic rings. The van der Waals surface area contributed by atoms with Crippen molar-refractivity contribution in [2.24, 2.45) is 0 Å². The number of rotatable bonds is 7. The summed E-state index contributed by atoms with van der Waals surface area (Å²) in [4.78, 5) is 3.42. The average Bonchev–Trinajstić information content (AvgIpc) is 3.17. The third kappa shape index (κ3) is 4.77. The molecule has 1 saturated heterocycles. The fourth-order valence-electron chi connectivity index (χ4n) is 4.72. The van der Waals surface area contributed by atoms with Crippen molar-refractivity contribution in [3.63, 3.8) is 0 Å². The molecule has 0 radical (unpaired) electrons. The zero-order valence-corrected chi connectivity index (χ0v) is 18.7. The van der Waals surface area contributed by atoms with E-state index >= 15 is 0 Å². The largest absolute Gasteiger partial charge is 0.361 e. The van der Waals surface area contributed by atoms with E-state index < -0.39 is 10.0 Å². The summed E-state index contributed by atoms with van der Waals surface area (Å²) in [6.07, 6.45) is 5.04. The number of aryl methyl sites for hydroxylation is 1. The van der Waals surface area contributed by atoms with Crippen LogP contribution in [0.5, 0.6) is 0 Å². The monoisotopic (exact) mass is 426 g/mol. The number of aromatic amines is 1. The summed E-state index contributed by atoms with van der Waals surface area (Å²) >= 11 is 0. The minimum Gasteiger partial charge on any atom is -0.361 e. The Balaban J connectivity index is 1.47. The first-order chi connectivity index (χ1) is 14.4. The average molecular weight is 427 g/mol. The number of piperidine rings is 1. The van der Waals surface area contributed by atoms with Crippen molar-refractivity contribution < 1.29 is 12.9 Å². The predicted molar refractivity (Wildman–Crippen MR) is 123 cm³/mol. The summed E-state index contributed by atoms with van der Waals surface area (Å²) in [5, 5.41) is 1.25. The summed E-state index contributed by atoms with van der Waals surface area (Å²) in [5.41, 5.74) is 5.00. The van der Waals surface area contributed by atoms with Gasteiger partial charge in [-0.1, -0.05) is 36.4 Å². The van der Waals surface area contributed by atoms with E-state index in [1.54, 1.807) is 0 Å². The van der Waals surface area contributed by atoms with E-state index in [1.807, 2.05) is 6.07 Å². The minimum atomic E-state index is -3.19. The smallest absolute Gasteiger partial charge is 0.211 e. The van der Waals surface area contributed by atoms with E-state index in [1.165, 1.54) is 49.5 Å². The van der Waals surface area contributed by atoms with Crippen LogP contribution in [0.1, 0.15) is 35.4 Å². The Kier molecular flexibility index (Phi) is 6.00. The molecular weight excluding hydrogens is 394 g/mol. The van der Waals surface area contributed by atoms with Crippen molar-refractivity contribution in [2.75, 3.05) is 32.9 Å². The Morgan fingerprint density at radius 3 is 2.50 bits per heavy atom. The Morgan fingerprint density at radius 2 is 1.80 bits per heavy atom. The van der Waals surface area contributed by atoms with E-state index in [0.29, 0.717) is 12.3 Å². The number of nitrogens with one attached hydrogen (secondary N) is 2. The Hall–Kier alpha value is -2.15. The molecule has 0 unspecified atom stereocenters. The summed E-state index contributed by atoms with van der Waals surface area (Å²) in [7, 11) is 0.655. The molecule has 0 bridgehead atoms. The van der Waals surface area contributed by atoms with Gasteiger partial charge in [0, 0.05) is 35.5 Å². The van der Waals surface area contributed by atoms with Gasteiger partial charge >= 0.3 is 0 Å². The number of fused-ring (bicyclic) bond motifs is 1. The van der Waals surface area contributed by atoms with Gasteiger partial charge in [0.15, 0.2) is 0 Å². The van der Waals surface area contributed by atoms with Gasteiger partial charge in [-0.3, -0.25) is 0 Å². The van der Waals surface area contributed by atoms with Gasteiger partial charge in [-0.2, -0.15) is 0 Å². The number of nitrogens with zero attached hydrogens (tertiary/aromatic N) is 1. The third-order valence-corrected chi connectivity index (χ3v) is 7.99. The highest BCUT2D eigenvalue weighted by molar-refractivity contribution is 7.89. The lowest BCUT2D eigenvalue weighted by molar-refractivity contribution is -0.927. The summed E-state index contributed by atoms with van der Waals surface area (Å²) in [6.45, 7) is 3.43. The van der Waals surface area contributed by atoms with Crippen molar-refractivity contribution >= 4 is 20.9 Å². The maximum absolute atomic E-state index is 11.8. The molecule has 2 N–H and O–H groups in total. The second-order valence-electron chi connectivity index (χ2n) is 8.88. The molecule has 5 nitrogen and oxygen atoms in total. The molecule has 160 valence electrons. The van der Waals surface area contributed by atoms with Crippen LogP contribution in [0.25, 0.3) is 10.9 Å². The molecule has 2 aromatic carbocycles. The molecular formula is C24H32N3O2S+. The van der Waals surface area contributed by atoms with E-state index in [2.05, 4.69) is 65.4 Å². The number of quaternary nitrogens is 1. The lowest BCUT2D eigenvalue weighted by Crippen LogP contribution is -2.48. The minimum absolute atomic E-state index is 0.119. The first kappa shape index (κ1) is 21.1. The van der Waals surface area contributed by atoms with Gasteiger partial charge in [0.1, 0.15) is 6.54 Å². The summed E-state index contributed by atoms with van der Waals surface area (Å²) in [6, 6.07) is 17.1. The highest BCUT2D eigenvalue weighted by Crippen LogP contribution is 2.36.